The van der Waals surface area contributed by atoms with Crippen LogP contribution in [0.1, 0.15) is 24.0 Å². The predicted molar refractivity (Wildman–Crippen MR) is 77.4 cm³/mol. The molecule has 2 heterocycles. The highest BCUT2D eigenvalue weighted by molar-refractivity contribution is 5.77. The van der Waals surface area contributed by atoms with Gasteiger partial charge in [-0.2, -0.15) is 0 Å². The first-order valence-corrected chi connectivity index (χ1v) is 7.50. The minimum absolute atomic E-state index is 0.116. The maximum atomic E-state index is 12.2. The second kappa shape index (κ2) is 6.37. The topological polar surface area (TPSA) is 41.6 Å². The lowest BCUT2D eigenvalue weighted by molar-refractivity contribution is -0.139. The number of piperidine rings is 1. The quantitative estimate of drug-likeness (QED) is 0.904. The highest BCUT2D eigenvalue weighted by Gasteiger charge is 2.22. The number of nitrogens with zero attached hydrogens (tertiary/aromatic N) is 1. The van der Waals surface area contributed by atoms with Gasteiger partial charge in [0.1, 0.15) is 6.61 Å². The molecule has 0 aliphatic carbocycles. The summed E-state index contributed by atoms with van der Waals surface area (Å²) in [6, 6.07) is 8.37. The Morgan fingerprint density at radius 2 is 2.20 bits per heavy atom. The van der Waals surface area contributed by atoms with Gasteiger partial charge in [0.2, 0.25) is 5.91 Å². The maximum absolute atomic E-state index is 12.2. The zero-order chi connectivity index (χ0) is 13.8. The number of hydrogen-bond donors (Lipinski definition) is 1. The number of carbonyl (C=O) groups is 1. The average molecular weight is 274 g/mol. The molecule has 0 bridgehead atoms. The zero-order valence-corrected chi connectivity index (χ0v) is 11.8. The van der Waals surface area contributed by atoms with Crippen LogP contribution in [0.2, 0.25) is 0 Å². The smallest absolute Gasteiger partial charge is 0.248 e. The Balaban J connectivity index is 1.51. The molecule has 2 aliphatic heterocycles. The largest absolute Gasteiger partial charge is 0.367 e. The van der Waals surface area contributed by atoms with E-state index in [2.05, 4.69) is 23.5 Å². The number of carbonyl (C=O) groups excluding carboxylic acids is 1. The second-order valence-corrected chi connectivity index (χ2v) is 5.61. The lowest BCUT2D eigenvalue weighted by Gasteiger charge is -2.30. The van der Waals surface area contributed by atoms with E-state index in [0.29, 0.717) is 0 Å². The number of rotatable bonds is 3. The van der Waals surface area contributed by atoms with E-state index in [1.807, 2.05) is 11.0 Å². The first kappa shape index (κ1) is 13.6. The molecule has 108 valence electrons. The lowest BCUT2D eigenvalue weighted by atomic mass is 10.00. The van der Waals surface area contributed by atoms with Crippen molar-refractivity contribution in [3.05, 3.63) is 35.4 Å². The number of ether oxygens (including phenoxy) is 1. The van der Waals surface area contributed by atoms with E-state index in [1.54, 1.807) is 0 Å². The van der Waals surface area contributed by atoms with Crippen molar-refractivity contribution >= 4 is 5.91 Å². The van der Waals surface area contributed by atoms with E-state index >= 15 is 0 Å². The Morgan fingerprint density at radius 1 is 1.35 bits per heavy atom. The summed E-state index contributed by atoms with van der Waals surface area (Å²) in [7, 11) is 0. The van der Waals surface area contributed by atoms with Crippen molar-refractivity contribution in [3.8, 4) is 0 Å². The molecule has 0 spiro atoms. The molecule has 0 aromatic heterocycles. The van der Waals surface area contributed by atoms with Crippen LogP contribution in [0.4, 0.5) is 0 Å². The van der Waals surface area contributed by atoms with Crippen LogP contribution in [0.3, 0.4) is 0 Å². The van der Waals surface area contributed by atoms with Gasteiger partial charge in [-0.1, -0.05) is 24.3 Å². The first-order chi connectivity index (χ1) is 9.83. The van der Waals surface area contributed by atoms with E-state index in [9.17, 15) is 4.79 Å². The van der Waals surface area contributed by atoms with Crippen molar-refractivity contribution in [1.82, 2.24) is 10.2 Å². The molecule has 0 radical (unpaired) electrons. The van der Waals surface area contributed by atoms with Crippen LogP contribution in [0.25, 0.3) is 0 Å². The molecule has 20 heavy (non-hydrogen) atoms. The average Bonchev–Trinajstić information content (AvgIpc) is 2.53. The molecule has 4 heteroatoms. The van der Waals surface area contributed by atoms with Gasteiger partial charge < -0.3 is 15.0 Å². The molecular weight excluding hydrogens is 252 g/mol. The van der Waals surface area contributed by atoms with Crippen molar-refractivity contribution in [3.63, 3.8) is 0 Å². The van der Waals surface area contributed by atoms with Gasteiger partial charge in [-0.15, -0.1) is 0 Å². The van der Waals surface area contributed by atoms with Crippen LogP contribution in [0.15, 0.2) is 24.3 Å². The van der Waals surface area contributed by atoms with Gasteiger partial charge in [0.25, 0.3) is 0 Å². The molecule has 1 N–H and O–H groups in total. The Bertz CT molecular complexity index is 469. The Hall–Kier alpha value is -1.39. The fraction of sp³-hybridized carbons (Fsp3) is 0.562. The summed E-state index contributed by atoms with van der Waals surface area (Å²) in [5.74, 6) is 0.116. The van der Waals surface area contributed by atoms with Gasteiger partial charge in [0.05, 0.1) is 6.10 Å². The number of benzene rings is 1. The number of nitrogens with one attached hydrogen (secondary N) is 1. The number of hydrogen-bond acceptors (Lipinski definition) is 3. The Morgan fingerprint density at radius 3 is 3.00 bits per heavy atom. The maximum Gasteiger partial charge on any atom is 0.248 e. The summed E-state index contributed by atoms with van der Waals surface area (Å²) in [6.45, 7) is 3.69. The molecule has 1 aromatic carbocycles. The third-order valence-corrected chi connectivity index (χ3v) is 4.18. The molecule has 1 unspecified atom stereocenters. The molecular formula is C16H22N2O2. The standard InChI is InChI=1S/C16H22N2O2/c19-16(12-20-15-6-3-8-17-10-15)18-9-7-13-4-1-2-5-14(13)11-18/h1-2,4-5,15,17H,3,6-12H2. The van der Waals surface area contributed by atoms with Crippen molar-refractivity contribution in [2.75, 3.05) is 26.2 Å². The lowest BCUT2D eigenvalue weighted by Crippen LogP contribution is -2.41. The molecule has 4 nitrogen and oxygen atoms in total. The Labute approximate surface area is 120 Å². The third kappa shape index (κ3) is 3.19. The Kier molecular flexibility index (Phi) is 4.33. The molecule has 1 saturated heterocycles. The van der Waals surface area contributed by atoms with Crippen molar-refractivity contribution < 1.29 is 9.53 Å². The first-order valence-electron chi connectivity index (χ1n) is 7.50. The summed E-state index contributed by atoms with van der Waals surface area (Å²) >= 11 is 0. The SMILES string of the molecule is O=C(COC1CCCNC1)N1CCc2ccccc2C1. The van der Waals surface area contributed by atoms with Gasteiger partial charge in [-0.3, -0.25) is 4.79 Å². The summed E-state index contributed by atoms with van der Waals surface area (Å²) in [6.07, 6.45) is 3.34. The van der Waals surface area contributed by atoms with E-state index in [0.717, 1.165) is 45.4 Å². The summed E-state index contributed by atoms with van der Waals surface area (Å²) in [5, 5.41) is 3.30. The van der Waals surface area contributed by atoms with Crippen LogP contribution in [0, 0.1) is 0 Å². The van der Waals surface area contributed by atoms with E-state index < -0.39 is 0 Å². The van der Waals surface area contributed by atoms with Crippen LogP contribution >= 0.6 is 0 Å². The van der Waals surface area contributed by atoms with Crippen LogP contribution in [-0.4, -0.2) is 43.2 Å². The second-order valence-electron chi connectivity index (χ2n) is 5.61. The molecule has 1 atom stereocenters. The van der Waals surface area contributed by atoms with Crippen LogP contribution in [-0.2, 0) is 22.5 Å². The van der Waals surface area contributed by atoms with Gasteiger partial charge in [0.15, 0.2) is 0 Å². The molecule has 0 saturated carbocycles. The van der Waals surface area contributed by atoms with Gasteiger partial charge in [-0.05, 0) is 36.9 Å². The van der Waals surface area contributed by atoms with E-state index in [-0.39, 0.29) is 18.6 Å². The number of fused-ring (bicyclic) bond motifs is 1. The molecule has 1 fully saturated rings. The molecule has 1 amide bonds. The van der Waals surface area contributed by atoms with E-state index in [4.69, 9.17) is 4.74 Å². The van der Waals surface area contributed by atoms with Crippen LogP contribution < -0.4 is 5.32 Å². The monoisotopic (exact) mass is 274 g/mol. The van der Waals surface area contributed by atoms with Gasteiger partial charge >= 0.3 is 0 Å². The third-order valence-electron chi connectivity index (χ3n) is 4.18. The summed E-state index contributed by atoms with van der Waals surface area (Å²) in [4.78, 5) is 14.1. The fourth-order valence-corrected chi connectivity index (χ4v) is 2.95. The van der Waals surface area contributed by atoms with Crippen molar-refractivity contribution in [2.45, 2.75) is 31.9 Å². The van der Waals surface area contributed by atoms with Gasteiger partial charge in [-0.25, -0.2) is 0 Å². The number of amides is 1. The predicted octanol–water partition coefficient (Wildman–Crippen LogP) is 1.34. The zero-order valence-electron chi connectivity index (χ0n) is 11.8. The molecule has 3 rings (SSSR count). The highest BCUT2D eigenvalue weighted by Crippen LogP contribution is 2.18. The van der Waals surface area contributed by atoms with Crippen molar-refractivity contribution in [2.24, 2.45) is 0 Å². The normalized spacial score (nSPS) is 22.4. The van der Waals surface area contributed by atoms with Crippen molar-refractivity contribution in [1.29, 1.82) is 0 Å². The van der Waals surface area contributed by atoms with Gasteiger partial charge in [0, 0.05) is 19.6 Å². The fourth-order valence-electron chi connectivity index (χ4n) is 2.95. The van der Waals surface area contributed by atoms with Crippen LogP contribution in [0.5, 0.6) is 0 Å². The molecule has 2 aliphatic rings. The molecule has 1 aromatic rings. The minimum atomic E-state index is 0.116. The summed E-state index contributed by atoms with van der Waals surface area (Å²) < 4.78 is 5.73. The van der Waals surface area contributed by atoms with E-state index in [1.165, 1.54) is 11.1 Å². The highest BCUT2D eigenvalue weighted by atomic mass is 16.5. The minimum Gasteiger partial charge on any atom is -0.367 e. The summed E-state index contributed by atoms with van der Waals surface area (Å²) in [5.41, 5.74) is 2.64.